The van der Waals surface area contributed by atoms with Crippen LogP contribution < -0.4 is 14.2 Å². The van der Waals surface area contributed by atoms with E-state index < -0.39 is 0 Å². The maximum atomic E-state index is 12.7. The third-order valence-electron chi connectivity index (χ3n) is 4.38. The van der Waals surface area contributed by atoms with Crippen molar-refractivity contribution in [1.29, 1.82) is 5.26 Å². The first-order chi connectivity index (χ1) is 13.2. The van der Waals surface area contributed by atoms with Gasteiger partial charge in [0.1, 0.15) is 17.4 Å². The Bertz CT molecular complexity index is 1120. The molecular formula is C22H15NO4. The van der Waals surface area contributed by atoms with Crippen molar-refractivity contribution >= 4 is 22.6 Å². The molecule has 0 unspecified atom stereocenters. The van der Waals surface area contributed by atoms with Crippen molar-refractivity contribution in [2.24, 2.45) is 0 Å². The fourth-order valence-electron chi connectivity index (χ4n) is 2.97. The van der Waals surface area contributed by atoms with Gasteiger partial charge in [-0.1, -0.05) is 18.2 Å². The van der Waals surface area contributed by atoms with Crippen molar-refractivity contribution in [2.75, 3.05) is 13.9 Å². The monoisotopic (exact) mass is 357 g/mol. The van der Waals surface area contributed by atoms with Gasteiger partial charge in [-0.25, -0.2) is 0 Å². The number of carbonyl (C=O) groups excluding carboxylic acids is 1. The van der Waals surface area contributed by atoms with Crippen molar-refractivity contribution in [3.8, 4) is 23.3 Å². The molecular weight excluding hydrogens is 342 g/mol. The number of hydrogen-bond donors (Lipinski definition) is 0. The number of carbonyl (C=O) groups is 1. The Hall–Kier alpha value is -3.78. The van der Waals surface area contributed by atoms with Gasteiger partial charge < -0.3 is 14.2 Å². The molecule has 1 heterocycles. The van der Waals surface area contributed by atoms with Crippen molar-refractivity contribution in [2.45, 2.75) is 0 Å². The quantitative estimate of drug-likeness (QED) is 0.394. The summed E-state index contributed by atoms with van der Waals surface area (Å²) < 4.78 is 15.8. The molecule has 27 heavy (non-hydrogen) atoms. The van der Waals surface area contributed by atoms with Gasteiger partial charge in [0.25, 0.3) is 0 Å². The minimum absolute atomic E-state index is 0.0572. The first kappa shape index (κ1) is 16.7. The van der Waals surface area contributed by atoms with Crippen molar-refractivity contribution in [3.05, 3.63) is 71.3 Å². The zero-order valence-electron chi connectivity index (χ0n) is 14.6. The molecule has 5 heteroatoms. The Balaban J connectivity index is 1.67. The molecule has 0 N–H and O–H groups in total. The van der Waals surface area contributed by atoms with Gasteiger partial charge in [0.15, 0.2) is 11.5 Å². The summed E-state index contributed by atoms with van der Waals surface area (Å²) in [5, 5.41) is 11.5. The van der Waals surface area contributed by atoms with Gasteiger partial charge in [0.2, 0.25) is 12.6 Å². The molecule has 5 nitrogen and oxygen atoms in total. The highest BCUT2D eigenvalue weighted by Gasteiger charge is 2.18. The first-order valence-electron chi connectivity index (χ1n) is 8.32. The molecule has 1 aliphatic rings. The maximum absolute atomic E-state index is 12.7. The zero-order chi connectivity index (χ0) is 18.8. The molecule has 0 radical (unpaired) electrons. The molecule has 0 saturated carbocycles. The summed E-state index contributed by atoms with van der Waals surface area (Å²) in [7, 11) is 1.62. The molecule has 0 saturated heterocycles. The molecule has 3 aromatic rings. The van der Waals surface area contributed by atoms with Gasteiger partial charge in [0, 0.05) is 5.56 Å². The van der Waals surface area contributed by atoms with E-state index in [-0.39, 0.29) is 18.1 Å². The highest BCUT2D eigenvalue weighted by molar-refractivity contribution is 6.14. The minimum atomic E-state index is -0.356. The predicted octanol–water partition coefficient (Wildman–Crippen LogP) is 4.37. The van der Waals surface area contributed by atoms with E-state index in [9.17, 15) is 10.1 Å². The molecule has 0 amide bonds. The number of rotatable bonds is 4. The first-order valence-corrected chi connectivity index (χ1v) is 8.32. The lowest BCUT2D eigenvalue weighted by Gasteiger charge is -2.05. The number of Topliss-reactive ketones (excluding diaryl/α,β-unsaturated/α-hetero) is 1. The predicted molar refractivity (Wildman–Crippen MR) is 101 cm³/mol. The average Bonchev–Trinajstić information content (AvgIpc) is 3.18. The van der Waals surface area contributed by atoms with Gasteiger partial charge >= 0.3 is 0 Å². The average molecular weight is 357 g/mol. The van der Waals surface area contributed by atoms with Gasteiger partial charge in [0.05, 0.1) is 7.11 Å². The van der Waals surface area contributed by atoms with Crippen LogP contribution in [0.25, 0.3) is 16.8 Å². The maximum Gasteiger partial charge on any atom is 0.231 e. The standard InChI is InChI=1S/C22H15NO4/c1-25-19-6-4-15-8-14(2-3-16(15)10-19)9-18(12-23)22(24)17-5-7-20-21(11-17)27-13-26-20/h2-11H,13H2,1H3/b18-9+. The van der Waals surface area contributed by atoms with E-state index in [1.807, 2.05) is 42.5 Å². The van der Waals surface area contributed by atoms with E-state index in [2.05, 4.69) is 0 Å². The summed E-state index contributed by atoms with van der Waals surface area (Å²) in [5.41, 5.74) is 1.22. The van der Waals surface area contributed by atoms with E-state index in [0.717, 1.165) is 22.1 Å². The highest BCUT2D eigenvalue weighted by atomic mass is 16.7. The van der Waals surface area contributed by atoms with Crippen LogP contribution in [0.1, 0.15) is 15.9 Å². The molecule has 1 aliphatic heterocycles. The Labute approximate surface area is 156 Å². The number of nitrogens with zero attached hydrogens (tertiary/aromatic N) is 1. The van der Waals surface area contributed by atoms with Crippen LogP contribution in [-0.2, 0) is 0 Å². The summed E-state index contributed by atoms with van der Waals surface area (Å²) in [5.74, 6) is 1.53. The fraction of sp³-hybridized carbons (Fsp3) is 0.0909. The number of benzene rings is 3. The second-order valence-electron chi connectivity index (χ2n) is 6.04. The lowest BCUT2D eigenvalue weighted by atomic mass is 10.00. The minimum Gasteiger partial charge on any atom is -0.497 e. The van der Waals surface area contributed by atoms with Crippen LogP contribution in [0, 0.1) is 11.3 Å². The number of ether oxygens (including phenoxy) is 3. The van der Waals surface area contributed by atoms with Crippen LogP contribution in [0.2, 0.25) is 0 Å². The normalized spacial score (nSPS) is 12.7. The lowest BCUT2D eigenvalue weighted by Crippen LogP contribution is -2.02. The molecule has 0 atom stereocenters. The van der Waals surface area contributed by atoms with Crippen LogP contribution in [0.5, 0.6) is 17.2 Å². The highest BCUT2D eigenvalue weighted by Crippen LogP contribution is 2.33. The van der Waals surface area contributed by atoms with Crippen molar-refractivity contribution in [3.63, 3.8) is 0 Å². The van der Waals surface area contributed by atoms with E-state index >= 15 is 0 Å². The summed E-state index contributed by atoms with van der Waals surface area (Å²) in [6, 6.07) is 18.4. The topological polar surface area (TPSA) is 68.5 Å². The van der Waals surface area contributed by atoms with E-state index in [1.165, 1.54) is 0 Å². The molecule has 0 aromatic heterocycles. The van der Waals surface area contributed by atoms with Gasteiger partial charge in [-0.3, -0.25) is 4.79 Å². The molecule has 0 bridgehead atoms. The Morgan fingerprint density at radius 3 is 2.63 bits per heavy atom. The number of hydrogen-bond acceptors (Lipinski definition) is 5. The number of fused-ring (bicyclic) bond motifs is 2. The molecule has 4 rings (SSSR count). The number of allylic oxidation sites excluding steroid dienone is 1. The van der Waals surface area contributed by atoms with Gasteiger partial charge in [-0.15, -0.1) is 0 Å². The zero-order valence-corrected chi connectivity index (χ0v) is 14.6. The van der Waals surface area contributed by atoms with Crippen LogP contribution in [0.4, 0.5) is 0 Å². The van der Waals surface area contributed by atoms with Crippen LogP contribution >= 0.6 is 0 Å². The second-order valence-corrected chi connectivity index (χ2v) is 6.04. The lowest BCUT2D eigenvalue weighted by molar-refractivity contribution is 0.103. The Morgan fingerprint density at radius 1 is 1.04 bits per heavy atom. The third-order valence-corrected chi connectivity index (χ3v) is 4.38. The summed E-state index contributed by atoms with van der Waals surface area (Å²) in [6.45, 7) is 0.135. The van der Waals surface area contributed by atoms with Crippen molar-refractivity contribution < 1.29 is 19.0 Å². The molecule has 132 valence electrons. The van der Waals surface area contributed by atoms with E-state index in [1.54, 1.807) is 31.4 Å². The number of nitriles is 1. The van der Waals surface area contributed by atoms with Gasteiger partial charge in [-0.2, -0.15) is 5.26 Å². The van der Waals surface area contributed by atoms with Crippen LogP contribution in [-0.4, -0.2) is 19.7 Å². The second kappa shape index (κ2) is 6.85. The molecule has 0 fully saturated rings. The van der Waals surface area contributed by atoms with Gasteiger partial charge in [-0.05, 0) is 58.8 Å². The van der Waals surface area contributed by atoms with Crippen LogP contribution in [0.3, 0.4) is 0 Å². The molecule has 3 aromatic carbocycles. The fourth-order valence-corrected chi connectivity index (χ4v) is 2.97. The van der Waals surface area contributed by atoms with Crippen LogP contribution in [0.15, 0.2) is 60.2 Å². The smallest absolute Gasteiger partial charge is 0.231 e. The Morgan fingerprint density at radius 2 is 1.81 bits per heavy atom. The van der Waals surface area contributed by atoms with E-state index in [4.69, 9.17) is 14.2 Å². The number of methoxy groups -OCH3 is 1. The summed E-state index contributed by atoms with van der Waals surface area (Å²) in [6.07, 6.45) is 1.59. The SMILES string of the molecule is COc1ccc2cc(/C=C(\C#N)C(=O)c3ccc4c(c3)OCO4)ccc2c1. The van der Waals surface area contributed by atoms with Crippen molar-refractivity contribution in [1.82, 2.24) is 0 Å². The largest absolute Gasteiger partial charge is 0.497 e. The third kappa shape index (κ3) is 3.21. The summed E-state index contributed by atoms with van der Waals surface area (Å²) in [4.78, 5) is 12.7. The summed E-state index contributed by atoms with van der Waals surface area (Å²) >= 11 is 0. The molecule has 0 spiro atoms. The molecule has 0 aliphatic carbocycles. The van der Waals surface area contributed by atoms with E-state index in [0.29, 0.717) is 17.1 Å². The Kier molecular flexibility index (Phi) is 4.23. The number of ketones is 1.